The Kier molecular flexibility index (Phi) is 5.62. The van der Waals surface area contributed by atoms with E-state index >= 15 is 0 Å². The van der Waals surface area contributed by atoms with Crippen molar-refractivity contribution in [3.8, 4) is 0 Å². The summed E-state index contributed by atoms with van der Waals surface area (Å²) in [6, 6.07) is 9.80. The molecule has 1 aromatic rings. The minimum Gasteiger partial charge on any atom is -0.330 e. The van der Waals surface area contributed by atoms with Crippen molar-refractivity contribution in [1.29, 1.82) is 0 Å². The second-order valence-electron chi connectivity index (χ2n) is 6.40. The highest BCUT2D eigenvalue weighted by atomic mass is 15.1. The fourth-order valence-corrected chi connectivity index (χ4v) is 3.44. The topological polar surface area (TPSA) is 29.3 Å². The zero-order valence-electron chi connectivity index (χ0n) is 13.3. The fraction of sp³-hybridized carbons (Fsp3) is 0.667. The van der Waals surface area contributed by atoms with Gasteiger partial charge in [-0.25, -0.2) is 0 Å². The SMILES string of the molecule is CCc1ccc(C(CN)C2CCN(C(C)C)CC2)cc1. The Morgan fingerprint density at radius 2 is 1.75 bits per heavy atom. The second kappa shape index (κ2) is 7.24. The third kappa shape index (κ3) is 3.62. The molecule has 2 N–H and O–H groups in total. The van der Waals surface area contributed by atoms with Crippen molar-refractivity contribution in [2.45, 2.75) is 52.0 Å². The maximum absolute atomic E-state index is 6.09. The first-order chi connectivity index (χ1) is 9.65. The number of aryl methyl sites for hydroxylation is 1. The number of rotatable bonds is 5. The Morgan fingerprint density at radius 3 is 2.20 bits per heavy atom. The summed E-state index contributed by atoms with van der Waals surface area (Å²) in [5.41, 5.74) is 8.94. The highest BCUT2D eigenvalue weighted by Crippen LogP contribution is 2.32. The molecule has 2 nitrogen and oxygen atoms in total. The molecule has 0 radical (unpaired) electrons. The van der Waals surface area contributed by atoms with Gasteiger partial charge in [0.25, 0.3) is 0 Å². The molecule has 1 saturated heterocycles. The van der Waals surface area contributed by atoms with Gasteiger partial charge in [0.15, 0.2) is 0 Å². The molecule has 1 unspecified atom stereocenters. The summed E-state index contributed by atoms with van der Waals surface area (Å²) >= 11 is 0. The fourth-order valence-electron chi connectivity index (χ4n) is 3.44. The van der Waals surface area contributed by atoms with E-state index in [1.165, 1.54) is 37.1 Å². The molecule has 2 rings (SSSR count). The maximum atomic E-state index is 6.09. The van der Waals surface area contributed by atoms with Gasteiger partial charge in [0.05, 0.1) is 0 Å². The summed E-state index contributed by atoms with van der Waals surface area (Å²) in [5, 5.41) is 0. The lowest BCUT2D eigenvalue weighted by Gasteiger charge is -2.38. The molecular formula is C18H30N2. The number of likely N-dealkylation sites (tertiary alicyclic amines) is 1. The minimum absolute atomic E-state index is 0.537. The van der Waals surface area contributed by atoms with Crippen LogP contribution in [-0.4, -0.2) is 30.6 Å². The van der Waals surface area contributed by atoms with Crippen molar-refractivity contribution < 1.29 is 0 Å². The zero-order chi connectivity index (χ0) is 14.5. The van der Waals surface area contributed by atoms with Crippen LogP contribution in [0, 0.1) is 5.92 Å². The van der Waals surface area contributed by atoms with Gasteiger partial charge in [0.1, 0.15) is 0 Å². The third-order valence-corrected chi connectivity index (χ3v) is 4.94. The van der Waals surface area contributed by atoms with E-state index < -0.39 is 0 Å². The van der Waals surface area contributed by atoms with E-state index in [2.05, 4.69) is 49.9 Å². The molecule has 0 amide bonds. The third-order valence-electron chi connectivity index (χ3n) is 4.94. The molecule has 20 heavy (non-hydrogen) atoms. The normalized spacial score (nSPS) is 19.4. The van der Waals surface area contributed by atoms with Gasteiger partial charge in [-0.15, -0.1) is 0 Å². The predicted molar refractivity (Wildman–Crippen MR) is 87.0 cm³/mol. The van der Waals surface area contributed by atoms with Crippen molar-refractivity contribution in [3.05, 3.63) is 35.4 Å². The van der Waals surface area contributed by atoms with Crippen LogP contribution < -0.4 is 5.73 Å². The van der Waals surface area contributed by atoms with E-state index in [1.54, 1.807) is 0 Å². The molecule has 1 atom stereocenters. The Morgan fingerprint density at radius 1 is 1.15 bits per heavy atom. The van der Waals surface area contributed by atoms with E-state index in [9.17, 15) is 0 Å². The van der Waals surface area contributed by atoms with Crippen LogP contribution in [-0.2, 0) is 6.42 Å². The molecule has 112 valence electrons. The van der Waals surface area contributed by atoms with E-state index in [1.807, 2.05) is 0 Å². The van der Waals surface area contributed by atoms with Gasteiger partial charge in [-0.05, 0) is 75.7 Å². The summed E-state index contributed by atoms with van der Waals surface area (Å²) in [6.07, 6.45) is 3.69. The Bertz CT molecular complexity index is 388. The first kappa shape index (κ1) is 15.5. The number of piperidine rings is 1. The van der Waals surface area contributed by atoms with Crippen molar-refractivity contribution >= 4 is 0 Å². The van der Waals surface area contributed by atoms with Gasteiger partial charge < -0.3 is 10.6 Å². The molecular weight excluding hydrogens is 244 g/mol. The van der Waals surface area contributed by atoms with Gasteiger partial charge in [-0.1, -0.05) is 31.2 Å². The second-order valence-corrected chi connectivity index (χ2v) is 6.40. The minimum atomic E-state index is 0.537. The molecule has 2 heteroatoms. The zero-order valence-corrected chi connectivity index (χ0v) is 13.3. The number of hydrogen-bond acceptors (Lipinski definition) is 2. The molecule has 0 aromatic heterocycles. The van der Waals surface area contributed by atoms with Crippen LogP contribution in [0.5, 0.6) is 0 Å². The number of hydrogen-bond donors (Lipinski definition) is 1. The van der Waals surface area contributed by atoms with Gasteiger partial charge in [-0.3, -0.25) is 0 Å². The Labute approximate surface area is 124 Å². The molecule has 0 saturated carbocycles. The van der Waals surface area contributed by atoms with E-state index in [-0.39, 0.29) is 0 Å². The molecule has 1 aliphatic heterocycles. The molecule has 0 spiro atoms. The molecule has 0 aliphatic carbocycles. The summed E-state index contributed by atoms with van der Waals surface area (Å²) in [5.74, 6) is 1.29. The molecule has 1 aromatic carbocycles. The molecule has 1 aliphatic rings. The van der Waals surface area contributed by atoms with Gasteiger partial charge in [0, 0.05) is 6.04 Å². The molecule has 0 bridgehead atoms. The first-order valence-electron chi connectivity index (χ1n) is 8.18. The molecule has 1 fully saturated rings. The van der Waals surface area contributed by atoms with E-state index in [0.29, 0.717) is 12.0 Å². The highest BCUT2D eigenvalue weighted by Gasteiger charge is 2.27. The largest absolute Gasteiger partial charge is 0.330 e. The van der Waals surface area contributed by atoms with Crippen molar-refractivity contribution in [2.24, 2.45) is 11.7 Å². The number of benzene rings is 1. The van der Waals surface area contributed by atoms with E-state index in [0.717, 1.165) is 18.9 Å². The van der Waals surface area contributed by atoms with Crippen LogP contribution >= 0.6 is 0 Å². The highest BCUT2D eigenvalue weighted by molar-refractivity contribution is 5.26. The number of nitrogens with two attached hydrogens (primary N) is 1. The van der Waals surface area contributed by atoms with Crippen LogP contribution in [0.2, 0.25) is 0 Å². The quantitative estimate of drug-likeness (QED) is 0.891. The summed E-state index contributed by atoms with van der Waals surface area (Å²) in [6.45, 7) is 10.0. The lowest BCUT2D eigenvalue weighted by atomic mass is 9.79. The Balaban J connectivity index is 2.01. The van der Waals surface area contributed by atoms with Gasteiger partial charge >= 0.3 is 0 Å². The average molecular weight is 274 g/mol. The van der Waals surface area contributed by atoms with Crippen LogP contribution in [0.25, 0.3) is 0 Å². The predicted octanol–water partition coefficient (Wildman–Crippen LogP) is 3.41. The van der Waals surface area contributed by atoms with E-state index in [4.69, 9.17) is 5.73 Å². The van der Waals surface area contributed by atoms with Crippen molar-refractivity contribution in [1.82, 2.24) is 4.90 Å². The smallest absolute Gasteiger partial charge is 0.00385 e. The lowest BCUT2D eigenvalue weighted by molar-refractivity contribution is 0.138. The van der Waals surface area contributed by atoms with Crippen LogP contribution in [0.3, 0.4) is 0 Å². The average Bonchev–Trinajstić information content (AvgIpc) is 2.49. The first-order valence-corrected chi connectivity index (χ1v) is 8.18. The summed E-state index contributed by atoms with van der Waals surface area (Å²) in [7, 11) is 0. The maximum Gasteiger partial charge on any atom is 0.00385 e. The monoisotopic (exact) mass is 274 g/mol. The van der Waals surface area contributed by atoms with Crippen molar-refractivity contribution in [3.63, 3.8) is 0 Å². The van der Waals surface area contributed by atoms with Crippen LogP contribution in [0.15, 0.2) is 24.3 Å². The van der Waals surface area contributed by atoms with Gasteiger partial charge in [0.2, 0.25) is 0 Å². The standard InChI is InChI=1S/C18H30N2/c1-4-15-5-7-16(8-6-15)18(13-19)17-9-11-20(12-10-17)14(2)3/h5-8,14,17-18H,4,9-13,19H2,1-3H3. The van der Waals surface area contributed by atoms with Gasteiger partial charge in [-0.2, -0.15) is 0 Å². The molecule has 1 heterocycles. The van der Waals surface area contributed by atoms with Crippen LogP contribution in [0.4, 0.5) is 0 Å². The summed E-state index contributed by atoms with van der Waals surface area (Å²) in [4.78, 5) is 2.59. The number of nitrogens with zero attached hydrogens (tertiary/aromatic N) is 1. The summed E-state index contributed by atoms with van der Waals surface area (Å²) < 4.78 is 0. The van der Waals surface area contributed by atoms with Crippen molar-refractivity contribution in [2.75, 3.05) is 19.6 Å². The lowest BCUT2D eigenvalue weighted by Crippen LogP contribution is -2.40. The Hall–Kier alpha value is -0.860. The van der Waals surface area contributed by atoms with Crippen LogP contribution in [0.1, 0.15) is 50.7 Å².